The number of rotatable bonds is 13. The summed E-state index contributed by atoms with van der Waals surface area (Å²) in [4.78, 5) is 0. The second kappa shape index (κ2) is 11.7. The highest BCUT2D eigenvalue weighted by atomic mass is 16.5. The van der Waals surface area contributed by atoms with Crippen molar-refractivity contribution < 1.29 is 9.47 Å². The Morgan fingerprint density at radius 1 is 1.19 bits per heavy atom. The maximum Gasteiger partial charge on any atom is 0.0964 e. The van der Waals surface area contributed by atoms with Gasteiger partial charge in [-0.25, -0.2) is 4.68 Å². The molecule has 0 fully saturated rings. The minimum atomic E-state index is 0.638. The number of unbranched alkanes of at least 4 members (excludes halogenated alkanes) is 1. The first-order chi connectivity index (χ1) is 10.2. The molecule has 1 aromatic heterocycles. The van der Waals surface area contributed by atoms with Gasteiger partial charge >= 0.3 is 0 Å². The monoisotopic (exact) mass is 298 g/mol. The van der Waals surface area contributed by atoms with Gasteiger partial charge in [-0.3, -0.25) is 0 Å². The van der Waals surface area contributed by atoms with E-state index in [1.54, 1.807) is 0 Å². The lowest BCUT2D eigenvalue weighted by molar-refractivity contribution is 0.0429. The molecule has 1 rings (SSSR count). The van der Waals surface area contributed by atoms with Gasteiger partial charge in [0, 0.05) is 19.3 Å². The molecule has 0 aliphatic carbocycles. The standard InChI is InChI=1S/C15H30N4O2/c1-4-5-7-20-9-10-21-8-6-19-13-15(17-18-19)12-16-11-14(2)3/h13-14,16H,4-12H2,1-3H3. The number of hydrogen-bond acceptors (Lipinski definition) is 5. The van der Waals surface area contributed by atoms with Crippen molar-refractivity contribution in [2.24, 2.45) is 5.92 Å². The maximum atomic E-state index is 5.51. The van der Waals surface area contributed by atoms with Crippen LogP contribution in [0.4, 0.5) is 0 Å². The van der Waals surface area contributed by atoms with Crippen LogP contribution in [-0.4, -0.2) is 48.0 Å². The van der Waals surface area contributed by atoms with E-state index in [4.69, 9.17) is 9.47 Å². The van der Waals surface area contributed by atoms with Gasteiger partial charge in [0.25, 0.3) is 0 Å². The smallest absolute Gasteiger partial charge is 0.0964 e. The average Bonchev–Trinajstić information content (AvgIpc) is 2.89. The third-order valence-corrected chi connectivity index (χ3v) is 2.92. The highest BCUT2D eigenvalue weighted by Gasteiger charge is 2.01. The molecule has 0 unspecified atom stereocenters. The van der Waals surface area contributed by atoms with E-state index >= 15 is 0 Å². The van der Waals surface area contributed by atoms with Gasteiger partial charge < -0.3 is 14.8 Å². The summed E-state index contributed by atoms with van der Waals surface area (Å²) in [6.45, 7) is 11.8. The summed E-state index contributed by atoms with van der Waals surface area (Å²) >= 11 is 0. The third-order valence-electron chi connectivity index (χ3n) is 2.92. The molecule has 0 radical (unpaired) electrons. The summed E-state index contributed by atoms with van der Waals surface area (Å²) in [6, 6.07) is 0. The first kappa shape index (κ1) is 18.1. The van der Waals surface area contributed by atoms with Gasteiger partial charge in [0.2, 0.25) is 0 Å². The molecule has 0 atom stereocenters. The van der Waals surface area contributed by atoms with E-state index in [9.17, 15) is 0 Å². The van der Waals surface area contributed by atoms with Gasteiger partial charge in [-0.05, 0) is 18.9 Å². The Kier molecular flexibility index (Phi) is 10.0. The van der Waals surface area contributed by atoms with Crippen LogP contribution in [0.1, 0.15) is 39.3 Å². The Morgan fingerprint density at radius 3 is 2.67 bits per heavy atom. The van der Waals surface area contributed by atoms with Gasteiger partial charge in [-0.15, -0.1) is 5.10 Å². The van der Waals surface area contributed by atoms with Gasteiger partial charge in [-0.1, -0.05) is 32.4 Å². The predicted octanol–water partition coefficient (Wildman–Crippen LogP) is 1.86. The topological polar surface area (TPSA) is 61.2 Å². The molecule has 122 valence electrons. The molecule has 6 nitrogen and oxygen atoms in total. The van der Waals surface area contributed by atoms with E-state index in [0.717, 1.165) is 38.4 Å². The number of nitrogens with zero attached hydrogens (tertiary/aromatic N) is 3. The fraction of sp³-hybridized carbons (Fsp3) is 0.867. The lowest BCUT2D eigenvalue weighted by Gasteiger charge is -2.05. The van der Waals surface area contributed by atoms with Crippen LogP contribution in [0.3, 0.4) is 0 Å². The molecule has 0 saturated carbocycles. The summed E-state index contributed by atoms with van der Waals surface area (Å²) in [7, 11) is 0. The predicted molar refractivity (Wildman–Crippen MR) is 83.1 cm³/mol. The van der Waals surface area contributed by atoms with Crippen molar-refractivity contribution in [1.82, 2.24) is 20.3 Å². The van der Waals surface area contributed by atoms with Crippen molar-refractivity contribution in [1.29, 1.82) is 0 Å². The number of ether oxygens (including phenoxy) is 2. The molecular weight excluding hydrogens is 268 g/mol. The molecule has 0 aliphatic heterocycles. The molecule has 1 N–H and O–H groups in total. The molecule has 6 heteroatoms. The highest BCUT2D eigenvalue weighted by Crippen LogP contribution is 1.95. The molecule has 0 amide bonds. The molecule has 0 bridgehead atoms. The molecule has 0 aliphatic rings. The highest BCUT2D eigenvalue weighted by molar-refractivity contribution is 4.91. The first-order valence-corrected chi connectivity index (χ1v) is 7.97. The van der Waals surface area contributed by atoms with E-state index < -0.39 is 0 Å². The summed E-state index contributed by atoms with van der Waals surface area (Å²) < 4.78 is 12.8. The van der Waals surface area contributed by atoms with Crippen molar-refractivity contribution in [3.05, 3.63) is 11.9 Å². The van der Waals surface area contributed by atoms with Crippen LogP contribution in [0.25, 0.3) is 0 Å². The maximum absolute atomic E-state index is 5.51. The SMILES string of the molecule is CCCCOCCOCCn1cc(CNCC(C)C)nn1. The first-order valence-electron chi connectivity index (χ1n) is 7.97. The van der Waals surface area contributed by atoms with Crippen molar-refractivity contribution in [2.45, 2.75) is 46.7 Å². The van der Waals surface area contributed by atoms with Gasteiger partial charge in [0.05, 0.1) is 32.1 Å². The molecule has 0 spiro atoms. The molecule has 1 heterocycles. The fourth-order valence-corrected chi connectivity index (χ4v) is 1.74. The van der Waals surface area contributed by atoms with Crippen LogP contribution in [0.2, 0.25) is 0 Å². The Labute approximate surface area is 128 Å². The molecule has 0 aromatic carbocycles. The second-order valence-corrected chi connectivity index (χ2v) is 5.58. The second-order valence-electron chi connectivity index (χ2n) is 5.58. The van der Waals surface area contributed by atoms with Crippen LogP contribution in [0.15, 0.2) is 6.20 Å². The zero-order chi connectivity index (χ0) is 15.3. The van der Waals surface area contributed by atoms with Crippen molar-refractivity contribution in [3.8, 4) is 0 Å². The number of hydrogen-bond donors (Lipinski definition) is 1. The zero-order valence-corrected chi connectivity index (χ0v) is 13.7. The Morgan fingerprint density at radius 2 is 1.95 bits per heavy atom. The Bertz CT molecular complexity index is 355. The van der Waals surface area contributed by atoms with E-state index in [0.29, 0.717) is 25.7 Å². The largest absolute Gasteiger partial charge is 0.379 e. The molecule has 0 saturated heterocycles. The molecule has 21 heavy (non-hydrogen) atoms. The lowest BCUT2D eigenvalue weighted by atomic mass is 10.2. The quantitative estimate of drug-likeness (QED) is 0.563. The average molecular weight is 298 g/mol. The summed E-state index contributed by atoms with van der Waals surface area (Å²) in [5, 5.41) is 11.6. The lowest BCUT2D eigenvalue weighted by Crippen LogP contribution is -2.19. The van der Waals surface area contributed by atoms with Crippen LogP contribution in [0, 0.1) is 5.92 Å². The normalized spacial score (nSPS) is 11.4. The van der Waals surface area contributed by atoms with Crippen molar-refractivity contribution in [2.75, 3.05) is 33.0 Å². The molecular formula is C15H30N4O2. The van der Waals surface area contributed by atoms with Gasteiger partial charge in [-0.2, -0.15) is 0 Å². The van der Waals surface area contributed by atoms with Crippen LogP contribution in [-0.2, 0) is 22.6 Å². The minimum absolute atomic E-state index is 0.638. The van der Waals surface area contributed by atoms with E-state index in [1.165, 1.54) is 6.42 Å². The van der Waals surface area contributed by atoms with E-state index in [2.05, 4.69) is 36.4 Å². The van der Waals surface area contributed by atoms with Crippen LogP contribution in [0.5, 0.6) is 0 Å². The van der Waals surface area contributed by atoms with Crippen LogP contribution < -0.4 is 5.32 Å². The Hall–Kier alpha value is -0.980. The summed E-state index contributed by atoms with van der Waals surface area (Å²) in [5.41, 5.74) is 0.971. The minimum Gasteiger partial charge on any atom is -0.379 e. The van der Waals surface area contributed by atoms with Gasteiger partial charge in [0.15, 0.2) is 0 Å². The summed E-state index contributed by atoms with van der Waals surface area (Å²) in [6.07, 6.45) is 4.25. The fourth-order valence-electron chi connectivity index (χ4n) is 1.74. The molecule has 1 aromatic rings. The van der Waals surface area contributed by atoms with E-state index in [-0.39, 0.29) is 0 Å². The zero-order valence-electron chi connectivity index (χ0n) is 13.7. The van der Waals surface area contributed by atoms with Crippen LogP contribution >= 0.6 is 0 Å². The van der Waals surface area contributed by atoms with E-state index in [1.807, 2.05) is 10.9 Å². The summed E-state index contributed by atoms with van der Waals surface area (Å²) in [5.74, 6) is 0.646. The van der Waals surface area contributed by atoms with Crippen molar-refractivity contribution >= 4 is 0 Å². The number of aromatic nitrogens is 3. The Balaban J connectivity index is 2.01. The third kappa shape index (κ3) is 9.55. The van der Waals surface area contributed by atoms with Gasteiger partial charge in [0.1, 0.15) is 0 Å². The van der Waals surface area contributed by atoms with Crippen molar-refractivity contribution in [3.63, 3.8) is 0 Å². The number of nitrogens with one attached hydrogen (secondary N) is 1.